The first-order chi connectivity index (χ1) is 8.63. The van der Waals surface area contributed by atoms with Crippen LogP contribution in [0.15, 0.2) is 18.2 Å². The Morgan fingerprint density at radius 2 is 2.28 bits per heavy atom. The van der Waals surface area contributed by atoms with E-state index < -0.39 is 0 Å². The fourth-order valence-corrected chi connectivity index (χ4v) is 2.67. The summed E-state index contributed by atoms with van der Waals surface area (Å²) >= 11 is 0. The highest BCUT2D eigenvalue weighted by molar-refractivity contribution is 5.54. The number of para-hydroxylation sites is 1. The molecule has 2 atom stereocenters. The molecule has 0 bridgehead atoms. The Morgan fingerprint density at radius 3 is 2.94 bits per heavy atom. The number of piperazine rings is 1. The zero-order chi connectivity index (χ0) is 13.1. The highest BCUT2D eigenvalue weighted by Crippen LogP contribution is 2.26. The van der Waals surface area contributed by atoms with Gasteiger partial charge in [-0.25, -0.2) is 4.39 Å². The predicted molar refractivity (Wildman–Crippen MR) is 74.6 cm³/mol. The van der Waals surface area contributed by atoms with Gasteiger partial charge in [-0.05, 0) is 24.5 Å². The molecule has 1 aromatic rings. The van der Waals surface area contributed by atoms with E-state index in [4.69, 9.17) is 0 Å². The van der Waals surface area contributed by atoms with Crippen LogP contribution in [0.1, 0.15) is 25.8 Å². The van der Waals surface area contributed by atoms with Crippen molar-refractivity contribution in [1.82, 2.24) is 5.32 Å². The summed E-state index contributed by atoms with van der Waals surface area (Å²) in [6.45, 7) is 9.17. The quantitative estimate of drug-likeness (QED) is 0.887. The minimum Gasteiger partial charge on any atom is -0.366 e. The van der Waals surface area contributed by atoms with Crippen LogP contribution in [-0.4, -0.2) is 25.7 Å². The molecule has 0 aliphatic carbocycles. The second-order valence-electron chi connectivity index (χ2n) is 5.30. The number of aryl methyl sites for hydroxylation is 1. The number of hydrogen-bond donors (Lipinski definition) is 1. The van der Waals surface area contributed by atoms with Crippen LogP contribution in [0.2, 0.25) is 0 Å². The molecule has 2 unspecified atom stereocenters. The van der Waals surface area contributed by atoms with Crippen molar-refractivity contribution in [2.24, 2.45) is 5.92 Å². The van der Waals surface area contributed by atoms with Gasteiger partial charge in [-0.1, -0.05) is 32.4 Å². The second-order valence-corrected chi connectivity index (χ2v) is 5.30. The SMILES string of the molecule is CCC(C)C1CN(c2c(C)cccc2F)CCN1. The zero-order valence-electron chi connectivity index (χ0n) is 11.5. The lowest BCUT2D eigenvalue weighted by Crippen LogP contribution is -2.53. The Balaban J connectivity index is 2.18. The van der Waals surface area contributed by atoms with Gasteiger partial charge in [0.05, 0.1) is 5.69 Å². The lowest BCUT2D eigenvalue weighted by Gasteiger charge is -2.38. The van der Waals surface area contributed by atoms with Gasteiger partial charge in [0.1, 0.15) is 5.82 Å². The van der Waals surface area contributed by atoms with Crippen molar-refractivity contribution in [3.8, 4) is 0 Å². The molecular weight excluding hydrogens is 227 g/mol. The van der Waals surface area contributed by atoms with Crippen LogP contribution in [0.25, 0.3) is 0 Å². The zero-order valence-corrected chi connectivity index (χ0v) is 11.5. The minimum absolute atomic E-state index is 0.0974. The lowest BCUT2D eigenvalue weighted by molar-refractivity contribution is 0.340. The highest BCUT2D eigenvalue weighted by atomic mass is 19.1. The Bertz CT molecular complexity index is 385. The van der Waals surface area contributed by atoms with E-state index in [0.29, 0.717) is 12.0 Å². The number of halogens is 1. The van der Waals surface area contributed by atoms with Gasteiger partial charge >= 0.3 is 0 Å². The molecule has 100 valence electrons. The van der Waals surface area contributed by atoms with E-state index >= 15 is 0 Å². The van der Waals surface area contributed by atoms with Gasteiger partial charge < -0.3 is 10.2 Å². The molecule has 0 spiro atoms. The summed E-state index contributed by atoms with van der Waals surface area (Å²) in [6, 6.07) is 5.78. The maximum atomic E-state index is 14.0. The molecule has 1 saturated heterocycles. The fraction of sp³-hybridized carbons (Fsp3) is 0.600. The fourth-order valence-electron chi connectivity index (χ4n) is 2.67. The molecule has 0 aromatic heterocycles. The average Bonchev–Trinajstić information content (AvgIpc) is 2.38. The van der Waals surface area contributed by atoms with Crippen molar-refractivity contribution in [2.45, 2.75) is 33.2 Å². The van der Waals surface area contributed by atoms with E-state index in [1.807, 2.05) is 13.0 Å². The van der Waals surface area contributed by atoms with E-state index in [2.05, 4.69) is 24.1 Å². The smallest absolute Gasteiger partial charge is 0.146 e. The summed E-state index contributed by atoms with van der Waals surface area (Å²) < 4.78 is 14.0. The van der Waals surface area contributed by atoms with Crippen molar-refractivity contribution in [2.75, 3.05) is 24.5 Å². The third-order valence-corrected chi connectivity index (χ3v) is 4.04. The van der Waals surface area contributed by atoms with Crippen LogP contribution >= 0.6 is 0 Å². The Labute approximate surface area is 109 Å². The lowest BCUT2D eigenvalue weighted by atomic mass is 9.96. The van der Waals surface area contributed by atoms with Crippen molar-refractivity contribution in [1.29, 1.82) is 0 Å². The van der Waals surface area contributed by atoms with Crippen LogP contribution < -0.4 is 10.2 Å². The van der Waals surface area contributed by atoms with E-state index in [9.17, 15) is 4.39 Å². The summed E-state index contributed by atoms with van der Waals surface area (Å²) in [4.78, 5) is 2.19. The summed E-state index contributed by atoms with van der Waals surface area (Å²) in [7, 11) is 0. The summed E-state index contributed by atoms with van der Waals surface area (Å²) in [5, 5.41) is 3.54. The molecule has 18 heavy (non-hydrogen) atoms. The second kappa shape index (κ2) is 5.70. The van der Waals surface area contributed by atoms with E-state index in [-0.39, 0.29) is 5.82 Å². The van der Waals surface area contributed by atoms with Crippen LogP contribution in [0, 0.1) is 18.7 Å². The molecule has 1 N–H and O–H groups in total. The standard InChI is InChI=1S/C15H23FN2/c1-4-11(2)14-10-18(9-8-17-14)15-12(3)6-5-7-13(15)16/h5-7,11,14,17H,4,8-10H2,1-3H3. The maximum Gasteiger partial charge on any atom is 0.146 e. The van der Waals surface area contributed by atoms with Crippen molar-refractivity contribution >= 4 is 5.69 Å². The van der Waals surface area contributed by atoms with Gasteiger partial charge in [0.25, 0.3) is 0 Å². The molecule has 1 aromatic carbocycles. The third kappa shape index (κ3) is 2.66. The van der Waals surface area contributed by atoms with Crippen LogP contribution in [-0.2, 0) is 0 Å². The first-order valence-electron chi connectivity index (χ1n) is 6.87. The topological polar surface area (TPSA) is 15.3 Å². The molecular formula is C15H23FN2. The molecule has 0 radical (unpaired) electrons. The summed E-state index contributed by atoms with van der Waals surface area (Å²) in [5.74, 6) is 0.527. The molecule has 0 amide bonds. The Morgan fingerprint density at radius 1 is 1.50 bits per heavy atom. The van der Waals surface area contributed by atoms with E-state index in [0.717, 1.165) is 37.3 Å². The molecule has 0 saturated carbocycles. The van der Waals surface area contributed by atoms with E-state index in [1.54, 1.807) is 12.1 Å². The number of hydrogen-bond acceptors (Lipinski definition) is 2. The number of benzene rings is 1. The molecule has 2 nitrogen and oxygen atoms in total. The number of nitrogens with zero attached hydrogens (tertiary/aromatic N) is 1. The first kappa shape index (κ1) is 13.3. The number of rotatable bonds is 3. The molecule has 1 aliphatic heterocycles. The minimum atomic E-state index is -0.0974. The van der Waals surface area contributed by atoms with Gasteiger partial charge in [0, 0.05) is 25.7 Å². The van der Waals surface area contributed by atoms with Crippen molar-refractivity contribution in [3.05, 3.63) is 29.6 Å². The van der Waals surface area contributed by atoms with Gasteiger partial charge in [0.2, 0.25) is 0 Å². The Hall–Kier alpha value is -1.09. The predicted octanol–water partition coefficient (Wildman–Crippen LogP) is 2.96. The third-order valence-electron chi connectivity index (χ3n) is 4.04. The molecule has 1 heterocycles. The normalized spacial score (nSPS) is 22.0. The summed E-state index contributed by atoms with van der Waals surface area (Å²) in [5.41, 5.74) is 1.81. The molecule has 1 fully saturated rings. The van der Waals surface area contributed by atoms with E-state index in [1.165, 1.54) is 0 Å². The van der Waals surface area contributed by atoms with Gasteiger partial charge in [0.15, 0.2) is 0 Å². The van der Waals surface area contributed by atoms with Crippen LogP contribution in [0.3, 0.4) is 0 Å². The van der Waals surface area contributed by atoms with Gasteiger partial charge in [-0.15, -0.1) is 0 Å². The Kier molecular flexibility index (Phi) is 4.23. The van der Waals surface area contributed by atoms with Crippen molar-refractivity contribution < 1.29 is 4.39 Å². The first-order valence-corrected chi connectivity index (χ1v) is 6.87. The maximum absolute atomic E-state index is 14.0. The van der Waals surface area contributed by atoms with Gasteiger partial charge in [-0.2, -0.15) is 0 Å². The number of nitrogens with one attached hydrogen (secondary N) is 1. The average molecular weight is 250 g/mol. The highest BCUT2D eigenvalue weighted by Gasteiger charge is 2.25. The van der Waals surface area contributed by atoms with Crippen molar-refractivity contribution in [3.63, 3.8) is 0 Å². The van der Waals surface area contributed by atoms with Gasteiger partial charge in [-0.3, -0.25) is 0 Å². The largest absolute Gasteiger partial charge is 0.366 e. The van der Waals surface area contributed by atoms with Crippen LogP contribution in [0.4, 0.5) is 10.1 Å². The molecule has 1 aliphatic rings. The monoisotopic (exact) mass is 250 g/mol. The number of anilines is 1. The van der Waals surface area contributed by atoms with Crippen LogP contribution in [0.5, 0.6) is 0 Å². The molecule has 2 rings (SSSR count). The molecule has 3 heteroatoms. The summed E-state index contributed by atoms with van der Waals surface area (Å²) in [6.07, 6.45) is 1.15.